The van der Waals surface area contributed by atoms with Crippen LogP contribution in [0, 0.1) is 6.92 Å². The molecule has 8 nitrogen and oxygen atoms in total. The Labute approximate surface area is 159 Å². The molecule has 0 atom stereocenters. The van der Waals surface area contributed by atoms with Gasteiger partial charge in [-0.1, -0.05) is 6.92 Å². The van der Waals surface area contributed by atoms with Crippen LogP contribution >= 0.6 is 0 Å². The second-order valence-electron chi connectivity index (χ2n) is 6.40. The predicted octanol–water partition coefficient (Wildman–Crippen LogP) is 2.70. The Morgan fingerprint density at radius 1 is 1.30 bits per heavy atom. The van der Waals surface area contributed by atoms with E-state index in [1.54, 1.807) is 19.2 Å². The lowest BCUT2D eigenvalue weighted by atomic mass is 10.1. The van der Waals surface area contributed by atoms with E-state index >= 15 is 0 Å². The molecule has 2 rings (SSSR count). The Kier molecular flexibility index (Phi) is 6.48. The maximum Gasteiger partial charge on any atom is 0.337 e. The topological polar surface area (TPSA) is 105 Å². The largest absolute Gasteiger partial charge is 0.478 e. The van der Waals surface area contributed by atoms with Crippen LogP contribution in [0.4, 0.5) is 11.4 Å². The van der Waals surface area contributed by atoms with E-state index in [0.29, 0.717) is 12.2 Å². The first-order chi connectivity index (χ1) is 12.7. The number of aryl methyl sites for hydroxylation is 2. The number of anilines is 2. The van der Waals surface area contributed by atoms with E-state index in [4.69, 9.17) is 0 Å². The van der Waals surface area contributed by atoms with Crippen LogP contribution in [-0.4, -0.2) is 42.1 Å². The third-order valence-electron chi connectivity index (χ3n) is 4.11. The monoisotopic (exact) mass is 394 g/mol. The molecule has 148 valence electrons. The van der Waals surface area contributed by atoms with Gasteiger partial charge < -0.3 is 10.0 Å². The molecule has 0 amide bonds. The van der Waals surface area contributed by atoms with Crippen molar-refractivity contribution in [2.24, 2.45) is 0 Å². The molecule has 0 aliphatic rings. The average molecular weight is 394 g/mol. The lowest BCUT2D eigenvalue weighted by molar-refractivity contribution is 0.0697. The summed E-state index contributed by atoms with van der Waals surface area (Å²) in [6.07, 6.45) is 0.949. The van der Waals surface area contributed by atoms with E-state index in [9.17, 15) is 18.3 Å². The molecule has 1 aromatic heterocycles. The minimum Gasteiger partial charge on any atom is -0.478 e. The normalized spacial score (nSPS) is 11.4. The molecule has 0 radical (unpaired) electrons. The molecule has 0 bridgehead atoms. The third-order valence-corrected chi connectivity index (χ3v) is 5.42. The van der Waals surface area contributed by atoms with Crippen molar-refractivity contribution in [2.75, 3.05) is 22.4 Å². The number of benzene rings is 1. The van der Waals surface area contributed by atoms with Gasteiger partial charge in [-0.3, -0.25) is 9.40 Å². The molecule has 0 fully saturated rings. The number of nitrogens with one attached hydrogen (secondary N) is 1. The number of aromatic carboxylic acids is 1. The van der Waals surface area contributed by atoms with E-state index in [1.807, 2.05) is 22.6 Å². The van der Waals surface area contributed by atoms with Gasteiger partial charge in [0.25, 0.3) is 0 Å². The number of sulfonamides is 1. The summed E-state index contributed by atoms with van der Waals surface area (Å²) in [4.78, 5) is 13.5. The first-order valence-electron chi connectivity index (χ1n) is 8.79. The van der Waals surface area contributed by atoms with E-state index in [2.05, 4.69) is 16.7 Å². The number of nitrogens with zero attached hydrogens (tertiary/aromatic N) is 3. The van der Waals surface area contributed by atoms with Crippen molar-refractivity contribution in [3.63, 3.8) is 0 Å². The van der Waals surface area contributed by atoms with E-state index < -0.39 is 16.0 Å². The summed E-state index contributed by atoms with van der Waals surface area (Å²) >= 11 is 0. The zero-order chi connectivity index (χ0) is 20.2. The van der Waals surface area contributed by atoms with E-state index in [0.717, 1.165) is 24.4 Å². The molecule has 9 heteroatoms. The number of aromatic nitrogens is 2. The van der Waals surface area contributed by atoms with Gasteiger partial charge in [0.2, 0.25) is 10.0 Å². The van der Waals surface area contributed by atoms with Gasteiger partial charge in [0.1, 0.15) is 0 Å². The van der Waals surface area contributed by atoms with Gasteiger partial charge in [0.15, 0.2) is 0 Å². The fourth-order valence-electron chi connectivity index (χ4n) is 2.82. The summed E-state index contributed by atoms with van der Waals surface area (Å²) in [5, 5.41) is 14.0. The summed E-state index contributed by atoms with van der Waals surface area (Å²) in [5.74, 6) is -1.20. The van der Waals surface area contributed by atoms with E-state index in [1.165, 1.54) is 13.0 Å². The highest BCUT2D eigenvalue weighted by Crippen LogP contribution is 2.26. The Morgan fingerprint density at radius 3 is 2.59 bits per heavy atom. The summed E-state index contributed by atoms with van der Waals surface area (Å²) < 4.78 is 27.8. The smallest absolute Gasteiger partial charge is 0.337 e. The standard InChI is InChI=1S/C18H26N4O4S/c1-5-9-22-15(10-13(3)19-22)12-21(4)17-8-7-14(11-16(17)18(23)24)20-27(25,26)6-2/h7-8,10-11,20H,5-6,9,12H2,1-4H3,(H,23,24). The molecular weight excluding hydrogens is 368 g/mol. The van der Waals surface area contributed by atoms with Gasteiger partial charge in [-0.25, -0.2) is 13.2 Å². The van der Waals surface area contributed by atoms with Crippen LogP contribution in [0.25, 0.3) is 0 Å². The van der Waals surface area contributed by atoms with Crippen molar-refractivity contribution in [1.29, 1.82) is 0 Å². The van der Waals surface area contributed by atoms with Crippen LogP contribution in [-0.2, 0) is 23.1 Å². The highest BCUT2D eigenvalue weighted by molar-refractivity contribution is 7.92. The highest BCUT2D eigenvalue weighted by Gasteiger charge is 2.18. The number of carboxylic acids is 1. The van der Waals surface area contributed by atoms with Crippen molar-refractivity contribution in [3.05, 3.63) is 41.2 Å². The first-order valence-corrected chi connectivity index (χ1v) is 10.4. The predicted molar refractivity (Wildman–Crippen MR) is 106 cm³/mol. The van der Waals surface area contributed by atoms with Gasteiger partial charge in [-0.2, -0.15) is 5.10 Å². The fraction of sp³-hybridized carbons (Fsp3) is 0.444. The molecule has 0 unspecified atom stereocenters. The third kappa shape index (κ3) is 5.22. The molecule has 0 aliphatic heterocycles. The number of hydrogen-bond donors (Lipinski definition) is 2. The van der Waals surface area contributed by atoms with Crippen LogP contribution < -0.4 is 9.62 Å². The molecule has 0 saturated carbocycles. The van der Waals surface area contributed by atoms with Gasteiger partial charge in [-0.05, 0) is 44.5 Å². The maximum absolute atomic E-state index is 11.7. The Bertz CT molecular complexity index is 921. The lowest BCUT2D eigenvalue weighted by Gasteiger charge is -2.22. The highest BCUT2D eigenvalue weighted by atomic mass is 32.2. The van der Waals surface area contributed by atoms with Crippen LogP contribution in [0.3, 0.4) is 0 Å². The molecule has 2 N–H and O–H groups in total. The summed E-state index contributed by atoms with van der Waals surface area (Å²) in [6.45, 7) is 6.79. The van der Waals surface area contributed by atoms with Gasteiger partial charge in [0.05, 0.1) is 34.9 Å². The lowest BCUT2D eigenvalue weighted by Crippen LogP contribution is -2.22. The molecule has 27 heavy (non-hydrogen) atoms. The Hall–Kier alpha value is -2.55. The van der Waals surface area contributed by atoms with Crippen LogP contribution in [0.15, 0.2) is 24.3 Å². The van der Waals surface area contributed by atoms with Gasteiger partial charge in [0, 0.05) is 19.3 Å². The van der Waals surface area contributed by atoms with Crippen molar-refractivity contribution in [1.82, 2.24) is 9.78 Å². The van der Waals surface area contributed by atoms with E-state index in [-0.39, 0.29) is 17.0 Å². The number of rotatable bonds is 9. The second-order valence-corrected chi connectivity index (χ2v) is 8.41. The Balaban J connectivity index is 2.32. The number of hydrogen-bond acceptors (Lipinski definition) is 5. The van der Waals surface area contributed by atoms with Gasteiger partial charge in [-0.15, -0.1) is 0 Å². The minimum absolute atomic E-state index is 0.0343. The van der Waals surface area contributed by atoms with Crippen LogP contribution in [0.1, 0.15) is 42.0 Å². The molecule has 2 aromatic rings. The van der Waals surface area contributed by atoms with Crippen molar-refractivity contribution in [3.8, 4) is 0 Å². The average Bonchev–Trinajstić information content (AvgIpc) is 2.93. The van der Waals surface area contributed by atoms with Crippen molar-refractivity contribution < 1.29 is 18.3 Å². The number of carbonyl (C=O) groups is 1. The summed E-state index contributed by atoms with van der Waals surface area (Å²) in [6, 6.07) is 6.51. The van der Waals surface area contributed by atoms with Crippen LogP contribution in [0.5, 0.6) is 0 Å². The Morgan fingerprint density at radius 2 is 2.00 bits per heavy atom. The summed E-state index contributed by atoms with van der Waals surface area (Å²) in [5.41, 5.74) is 2.67. The molecule has 0 saturated heterocycles. The fourth-order valence-corrected chi connectivity index (χ4v) is 3.45. The second kappa shape index (κ2) is 8.43. The maximum atomic E-state index is 11.7. The molecule has 0 aliphatic carbocycles. The van der Waals surface area contributed by atoms with Crippen molar-refractivity contribution in [2.45, 2.75) is 40.3 Å². The SMILES string of the molecule is CCCn1nc(C)cc1CN(C)c1ccc(NS(=O)(=O)CC)cc1C(=O)O. The number of carboxylic acid groups (broad SMARTS) is 1. The zero-order valence-electron chi connectivity index (χ0n) is 16.1. The quantitative estimate of drug-likeness (QED) is 0.678. The summed E-state index contributed by atoms with van der Waals surface area (Å²) in [7, 11) is -1.67. The van der Waals surface area contributed by atoms with Crippen molar-refractivity contribution >= 4 is 27.4 Å². The van der Waals surface area contributed by atoms with Gasteiger partial charge >= 0.3 is 5.97 Å². The molecular formula is C18H26N4O4S. The zero-order valence-corrected chi connectivity index (χ0v) is 16.9. The first kappa shape index (κ1) is 20.8. The molecule has 1 aromatic carbocycles. The van der Waals surface area contributed by atoms with Crippen LogP contribution in [0.2, 0.25) is 0 Å². The molecule has 0 spiro atoms. The molecule has 1 heterocycles. The minimum atomic E-state index is -3.47.